The minimum absolute atomic E-state index is 0.150. The Bertz CT molecular complexity index is 1180. The normalized spacial score (nSPS) is 17.5. The van der Waals surface area contributed by atoms with Crippen molar-refractivity contribution in [1.82, 2.24) is 4.31 Å². The molecule has 0 radical (unpaired) electrons. The van der Waals surface area contributed by atoms with Crippen LogP contribution < -0.4 is 10.1 Å². The van der Waals surface area contributed by atoms with Gasteiger partial charge in [0.1, 0.15) is 16.0 Å². The SMILES string of the molecule is COc1ccc(NC(=O)[C@@H]2CCCN2S(=O)(=O)c2ccc(Cl)s2)c2ccccc12. The molecule has 152 valence electrons. The van der Waals surface area contributed by atoms with Gasteiger partial charge in [-0.25, -0.2) is 8.42 Å². The monoisotopic (exact) mass is 450 g/mol. The number of ether oxygens (including phenoxy) is 1. The number of nitrogens with one attached hydrogen (secondary N) is 1. The highest BCUT2D eigenvalue weighted by molar-refractivity contribution is 7.91. The molecule has 1 saturated heterocycles. The topological polar surface area (TPSA) is 75.7 Å². The molecule has 1 fully saturated rings. The lowest BCUT2D eigenvalue weighted by Gasteiger charge is -2.23. The van der Waals surface area contributed by atoms with Crippen LogP contribution in [0.15, 0.2) is 52.7 Å². The van der Waals surface area contributed by atoms with E-state index in [4.69, 9.17) is 16.3 Å². The van der Waals surface area contributed by atoms with Crippen molar-refractivity contribution in [3.8, 4) is 5.75 Å². The second kappa shape index (κ2) is 7.95. The third-order valence-corrected chi connectivity index (χ3v) is 8.59. The van der Waals surface area contributed by atoms with Crippen molar-refractivity contribution in [2.45, 2.75) is 23.1 Å². The zero-order valence-electron chi connectivity index (χ0n) is 15.6. The molecule has 6 nitrogen and oxygen atoms in total. The van der Waals surface area contributed by atoms with Gasteiger partial charge in [0.05, 0.1) is 11.4 Å². The van der Waals surface area contributed by atoms with E-state index in [1.165, 1.54) is 10.4 Å². The van der Waals surface area contributed by atoms with Crippen molar-refractivity contribution in [3.05, 3.63) is 52.9 Å². The summed E-state index contributed by atoms with van der Waals surface area (Å²) in [5.74, 6) is 0.363. The van der Waals surface area contributed by atoms with E-state index in [9.17, 15) is 13.2 Å². The summed E-state index contributed by atoms with van der Waals surface area (Å²) in [6, 6.07) is 13.4. The predicted molar refractivity (Wildman–Crippen MR) is 115 cm³/mol. The van der Waals surface area contributed by atoms with Gasteiger partial charge in [0, 0.05) is 23.0 Å². The Balaban J connectivity index is 1.63. The molecule has 1 amide bonds. The van der Waals surface area contributed by atoms with Crippen LogP contribution in [0, 0.1) is 0 Å². The fraction of sp³-hybridized carbons (Fsp3) is 0.250. The third-order valence-electron chi connectivity index (χ3n) is 4.98. The number of rotatable bonds is 5. The van der Waals surface area contributed by atoms with E-state index < -0.39 is 16.1 Å². The summed E-state index contributed by atoms with van der Waals surface area (Å²) in [4.78, 5) is 13.0. The molecule has 0 saturated carbocycles. The van der Waals surface area contributed by atoms with Gasteiger partial charge in [0.2, 0.25) is 5.91 Å². The zero-order chi connectivity index (χ0) is 20.6. The average Bonchev–Trinajstić information content (AvgIpc) is 3.38. The Morgan fingerprint density at radius 2 is 1.93 bits per heavy atom. The van der Waals surface area contributed by atoms with Crippen LogP contribution >= 0.6 is 22.9 Å². The summed E-state index contributed by atoms with van der Waals surface area (Å²) in [7, 11) is -2.18. The maximum absolute atomic E-state index is 13.0. The van der Waals surface area contributed by atoms with E-state index in [1.54, 1.807) is 25.3 Å². The van der Waals surface area contributed by atoms with Crippen LogP contribution in [0.1, 0.15) is 12.8 Å². The van der Waals surface area contributed by atoms with Crippen LogP contribution in [-0.4, -0.2) is 38.3 Å². The minimum Gasteiger partial charge on any atom is -0.496 e. The van der Waals surface area contributed by atoms with Gasteiger partial charge in [-0.1, -0.05) is 35.9 Å². The molecular weight excluding hydrogens is 432 g/mol. The number of halogens is 1. The summed E-state index contributed by atoms with van der Waals surface area (Å²) in [6.07, 6.45) is 1.10. The first kappa shape index (κ1) is 20.2. The number of amides is 1. The standard InChI is InChI=1S/C20H19ClN2O4S2/c1-27-17-9-8-15(13-5-2-3-6-14(13)17)22-20(24)16-7-4-12-23(16)29(25,26)19-11-10-18(21)28-19/h2-3,5-6,8-11,16H,4,7,12H2,1H3,(H,22,24)/t16-/m0/s1. The first-order valence-corrected chi connectivity index (χ1v) is 11.7. The maximum atomic E-state index is 13.0. The summed E-state index contributed by atoms with van der Waals surface area (Å²) in [5.41, 5.74) is 0.620. The number of carbonyl (C=O) groups excluding carboxylic acids is 1. The molecule has 4 rings (SSSR count). The van der Waals surface area contributed by atoms with Gasteiger partial charge in [-0.3, -0.25) is 4.79 Å². The number of sulfonamides is 1. The lowest BCUT2D eigenvalue weighted by atomic mass is 10.1. The van der Waals surface area contributed by atoms with Gasteiger partial charge in [0.25, 0.3) is 10.0 Å². The number of benzene rings is 2. The maximum Gasteiger partial charge on any atom is 0.253 e. The minimum atomic E-state index is -3.77. The summed E-state index contributed by atoms with van der Waals surface area (Å²) >= 11 is 6.90. The quantitative estimate of drug-likeness (QED) is 0.626. The largest absolute Gasteiger partial charge is 0.496 e. The first-order chi connectivity index (χ1) is 13.9. The van der Waals surface area contributed by atoms with Crippen molar-refractivity contribution in [2.75, 3.05) is 19.0 Å². The van der Waals surface area contributed by atoms with Gasteiger partial charge < -0.3 is 10.1 Å². The molecule has 29 heavy (non-hydrogen) atoms. The number of carbonyl (C=O) groups is 1. The Kier molecular flexibility index (Phi) is 5.52. The van der Waals surface area contributed by atoms with Crippen LogP contribution in [0.3, 0.4) is 0 Å². The number of methoxy groups -OCH3 is 1. The molecule has 2 heterocycles. The van der Waals surface area contributed by atoms with E-state index >= 15 is 0 Å². The molecule has 1 aromatic heterocycles. The molecule has 0 bridgehead atoms. The van der Waals surface area contributed by atoms with E-state index in [-0.39, 0.29) is 10.1 Å². The van der Waals surface area contributed by atoms with Crippen LogP contribution in [0.2, 0.25) is 4.34 Å². The van der Waals surface area contributed by atoms with Crippen molar-refractivity contribution in [1.29, 1.82) is 0 Å². The van der Waals surface area contributed by atoms with Crippen molar-refractivity contribution in [2.24, 2.45) is 0 Å². The van der Waals surface area contributed by atoms with Crippen molar-refractivity contribution in [3.63, 3.8) is 0 Å². The van der Waals surface area contributed by atoms with Crippen molar-refractivity contribution < 1.29 is 17.9 Å². The van der Waals surface area contributed by atoms with Crippen molar-refractivity contribution >= 4 is 55.3 Å². The number of fused-ring (bicyclic) bond motifs is 1. The molecular formula is C20H19ClN2O4S2. The van der Waals surface area contributed by atoms with Gasteiger partial charge >= 0.3 is 0 Å². The van der Waals surface area contributed by atoms with Gasteiger partial charge in [-0.05, 0) is 37.1 Å². The van der Waals surface area contributed by atoms with Gasteiger partial charge in [-0.2, -0.15) is 4.31 Å². The number of anilines is 1. The summed E-state index contributed by atoms with van der Waals surface area (Å²) < 4.78 is 33.2. The average molecular weight is 451 g/mol. The van der Waals surface area contributed by atoms with E-state index in [0.717, 1.165) is 22.1 Å². The number of nitrogens with zero attached hydrogens (tertiary/aromatic N) is 1. The van der Waals surface area contributed by atoms with E-state index in [0.29, 0.717) is 35.2 Å². The highest BCUT2D eigenvalue weighted by atomic mass is 35.5. The van der Waals surface area contributed by atoms with Gasteiger partial charge in [0.15, 0.2) is 0 Å². The second-order valence-electron chi connectivity index (χ2n) is 6.68. The summed E-state index contributed by atoms with van der Waals surface area (Å²) in [5, 5.41) is 4.62. The molecule has 0 unspecified atom stereocenters. The first-order valence-electron chi connectivity index (χ1n) is 9.05. The number of hydrogen-bond acceptors (Lipinski definition) is 5. The molecule has 3 aromatic rings. The Labute approximate surface area is 178 Å². The fourth-order valence-corrected chi connectivity index (χ4v) is 6.88. The second-order valence-corrected chi connectivity index (χ2v) is 10.5. The van der Waals surface area contributed by atoms with E-state index in [1.807, 2.05) is 24.3 Å². The number of hydrogen-bond donors (Lipinski definition) is 1. The lowest BCUT2D eigenvalue weighted by Crippen LogP contribution is -2.42. The Morgan fingerprint density at radius 3 is 2.62 bits per heavy atom. The smallest absolute Gasteiger partial charge is 0.253 e. The zero-order valence-corrected chi connectivity index (χ0v) is 18.0. The fourth-order valence-electron chi connectivity index (χ4n) is 3.62. The number of thiophene rings is 1. The molecule has 0 aliphatic carbocycles. The van der Waals surface area contributed by atoms with Gasteiger partial charge in [-0.15, -0.1) is 11.3 Å². The van der Waals surface area contributed by atoms with Crippen LogP contribution in [0.25, 0.3) is 10.8 Å². The lowest BCUT2D eigenvalue weighted by molar-refractivity contribution is -0.119. The molecule has 0 spiro atoms. The van der Waals surface area contributed by atoms with Crippen LogP contribution in [0.4, 0.5) is 5.69 Å². The molecule has 1 N–H and O–H groups in total. The van der Waals surface area contributed by atoms with E-state index in [2.05, 4.69) is 5.32 Å². The molecule has 9 heteroatoms. The van der Waals surface area contributed by atoms with Crippen LogP contribution in [-0.2, 0) is 14.8 Å². The predicted octanol–water partition coefficient (Wildman–Crippen LogP) is 4.36. The highest BCUT2D eigenvalue weighted by Crippen LogP contribution is 2.34. The molecule has 1 aliphatic rings. The van der Waals surface area contributed by atoms with Crippen LogP contribution in [0.5, 0.6) is 5.75 Å². The summed E-state index contributed by atoms with van der Waals surface area (Å²) in [6.45, 7) is 0.305. The molecule has 2 aromatic carbocycles. The molecule has 1 aliphatic heterocycles. The third kappa shape index (κ3) is 3.73. The highest BCUT2D eigenvalue weighted by Gasteiger charge is 2.40. The Hall–Kier alpha value is -2.13. The molecule has 1 atom stereocenters. The Morgan fingerprint density at radius 1 is 1.17 bits per heavy atom.